The van der Waals surface area contributed by atoms with Crippen molar-refractivity contribution in [1.29, 1.82) is 0 Å². The van der Waals surface area contributed by atoms with E-state index >= 15 is 0 Å². The van der Waals surface area contributed by atoms with Gasteiger partial charge < -0.3 is 14.5 Å². The van der Waals surface area contributed by atoms with Gasteiger partial charge in [0, 0.05) is 35.7 Å². The average molecular weight is 334 g/mol. The van der Waals surface area contributed by atoms with E-state index in [2.05, 4.69) is 40.2 Å². The summed E-state index contributed by atoms with van der Waals surface area (Å²) in [4.78, 5) is 6.22. The molecule has 0 radical (unpaired) electrons. The first kappa shape index (κ1) is 14.8. The predicted octanol–water partition coefficient (Wildman–Crippen LogP) is 3.84. The van der Waals surface area contributed by atoms with Crippen LogP contribution in [-0.4, -0.2) is 30.6 Å². The summed E-state index contributed by atoms with van der Waals surface area (Å²) < 4.78 is 10.9. The Hall–Kier alpha value is -2.46. The fourth-order valence-electron chi connectivity index (χ4n) is 4.46. The van der Waals surface area contributed by atoms with Crippen LogP contribution in [0, 0.1) is 0 Å². The van der Waals surface area contributed by atoms with E-state index < -0.39 is 0 Å². The molecule has 0 spiro atoms. The van der Waals surface area contributed by atoms with E-state index in [0.29, 0.717) is 6.04 Å². The normalized spacial score (nSPS) is 19.2. The molecule has 0 bridgehead atoms. The summed E-state index contributed by atoms with van der Waals surface area (Å²) in [6.45, 7) is 2.09. The lowest BCUT2D eigenvalue weighted by Crippen LogP contribution is -2.39. The number of fused-ring (bicyclic) bond motifs is 6. The van der Waals surface area contributed by atoms with Crippen LogP contribution in [-0.2, 0) is 19.4 Å². The Labute approximate surface area is 147 Å². The van der Waals surface area contributed by atoms with Crippen LogP contribution in [0.25, 0.3) is 10.9 Å². The van der Waals surface area contributed by atoms with Gasteiger partial charge in [-0.1, -0.05) is 6.07 Å². The van der Waals surface area contributed by atoms with Gasteiger partial charge in [-0.2, -0.15) is 0 Å². The average Bonchev–Trinajstić information content (AvgIpc) is 3.02. The van der Waals surface area contributed by atoms with Crippen LogP contribution in [0.1, 0.15) is 28.4 Å². The zero-order valence-corrected chi connectivity index (χ0v) is 14.6. The minimum atomic E-state index is 0.427. The summed E-state index contributed by atoms with van der Waals surface area (Å²) in [6.07, 6.45) is 2.14. The maximum Gasteiger partial charge on any atom is 0.119 e. The molecule has 3 aromatic rings. The number of methoxy groups -OCH3 is 2. The number of benzene rings is 2. The molecule has 0 fully saturated rings. The summed E-state index contributed by atoms with van der Waals surface area (Å²) in [6, 6.07) is 13.3. The number of aromatic amines is 1. The van der Waals surface area contributed by atoms with Crippen LogP contribution in [0.3, 0.4) is 0 Å². The molecule has 3 heterocycles. The molecule has 4 nitrogen and oxygen atoms in total. The third-order valence-electron chi connectivity index (χ3n) is 5.78. The van der Waals surface area contributed by atoms with Crippen molar-refractivity contribution in [2.75, 3.05) is 20.8 Å². The van der Waals surface area contributed by atoms with Crippen LogP contribution < -0.4 is 9.47 Å². The topological polar surface area (TPSA) is 37.5 Å². The van der Waals surface area contributed by atoms with Crippen LogP contribution >= 0.6 is 0 Å². The lowest BCUT2D eigenvalue weighted by atomic mass is 9.85. The van der Waals surface area contributed by atoms with Crippen molar-refractivity contribution < 1.29 is 9.47 Å². The molecule has 2 aliphatic rings. The molecular weight excluding hydrogens is 312 g/mol. The van der Waals surface area contributed by atoms with Gasteiger partial charge in [0.25, 0.3) is 0 Å². The molecule has 5 rings (SSSR count). The summed E-state index contributed by atoms with van der Waals surface area (Å²) in [5.74, 6) is 1.87. The molecule has 1 aromatic heterocycles. The molecule has 0 amide bonds. The van der Waals surface area contributed by atoms with E-state index in [1.54, 1.807) is 14.2 Å². The number of nitrogens with zero attached hydrogens (tertiary/aromatic N) is 1. The number of aromatic nitrogens is 1. The van der Waals surface area contributed by atoms with Crippen molar-refractivity contribution in [2.45, 2.75) is 25.4 Å². The Kier molecular flexibility index (Phi) is 3.28. The molecule has 128 valence electrons. The van der Waals surface area contributed by atoms with Gasteiger partial charge in [-0.25, -0.2) is 0 Å². The molecule has 0 aliphatic carbocycles. The SMILES string of the molecule is COc1ccc2c(c1)[C@H]1Cc3c([nH]c4ccc(OC)cc34)CN1CC2. The fraction of sp³-hybridized carbons (Fsp3) is 0.333. The number of hydrogen-bond acceptors (Lipinski definition) is 3. The van der Waals surface area contributed by atoms with Gasteiger partial charge in [-0.3, -0.25) is 4.90 Å². The Bertz CT molecular complexity index is 960. The van der Waals surface area contributed by atoms with Gasteiger partial charge in [0.05, 0.1) is 14.2 Å². The van der Waals surface area contributed by atoms with E-state index in [-0.39, 0.29) is 0 Å². The highest BCUT2D eigenvalue weighted by molar-refractivity contribution is 5.86. The van der Waals surface area contributed by atoms with Crippen molar-refractivity contribution in [2.24, 2.45) is 0 Å². The zero-order valence-electron chi connectivity index (χ0n) is 14.6. The zero-order chi connectivity index (χ0) is 17.0. The van der Waals surface area contributed by atoms with E-state index in [0.717, 1.165) is 37.4 Å². The van der Waals surface area contributed by atoms with Crippen molar-refractivity contribution in [3.05, 3.63) is 58.8 Å². The molecule has 0 saturated carbocycles. The van der Waals surface area contributed by atoms with Crippen molar-refractivity contribution in [3.8, 4) is 11.5 Å². The molecular formula is C21H22N2O2. The minimum Gasteiger partial charge on any atom is -0.497 e. The van der Waals surface area contributed by atoms with Crippen LogP contribution in [0.4, 0.5) is 0 Å². The number of rotatable bonds is 2. The predicted molar refractivity (Wildman–Crippen MR) is 98.4 cm³/mol. The highest BCUT2D eigenvalue weighted by Crippen LogP contribution is 2.41. The fourth-order valence-corrected chi connectivity index (χ4v) is 4.46. The Balaban J connectivity index is 1.62. The van der Waals surface area contributed by atoms with Crippen molar-refractivity contribution in [3.63, 3.8) is 0 Å². The first-order valence-electron chi connectivity index (χ1n) is 8.85. The van der Waals surface area contributed by atoms with E-state index in [9.17, 15) is 0 Å². The summed E-state index contributed by atoms with van der Waals surface area (Å²) in [5, 5.41) is 1.30. The molecule has 25 heavy (non-hydrogen) atoms. The van der Waals surface area contributed by atoms with Gasteiger partial charge in [-0.15, -0.1) is 0 Å². The van der Waals surface area contributed by atoms with Crippen molar-refractivity contribution >= 4 is 10.9 Å². The Morgan fingerprint density at radius 2 is 1.84 bits per heavy atom. The summed E-state index contributed by atoms with van der Waals surface area (Å²) in [5.41, 5.74) is 6.88. The number of nitrogens with one attached hydrogen (secondary N) is 1. The van der Waals surface area contributed by atoms with E-state index in [4.69, 9.17) is 9.47 Å². The second-order valence-electron chi connectivity index (χ2n) is 7.00. The summed E-state index contributed by atoms with van der Waals surface area (Å²) >= 11 is 0. The van der Waals surface area contributed by atoms with Gasteiger partial charge >= 0.3 is 0 Å². The minimum absolute atomic E-state index is 0.427. The standard InChI is InChI=1S/C21H22N2O2/c1-24-14-4-3-13-7-8-23-12-20-18(11-21(23)16(13)9-14)17-10-15(25-2)5-6-19(17)22-20/h3-6,9-10,21-22H,7-8,11-12H2,1-2H3/t21-/m1/s1. The van der Waals surface area contributed by atoms with E-state index in [1.807, 2.05) is 6.07 Å². The Morgan fingerprint density at radius 1 is 1.04 bits per heavy atom. The lowest BCUT2D eigenvalue weighted by Gasteiger charge is -2.40. The number of ether oxygens (including phenoxy) is 2. The highest BCUT2D eigenvalue weighted by Gasteiger charge is 2.34. The maximum atomic E-state index is 5.47. The van der Waals surface area contributed by atoms with E-state index in [1.165, 1.54) is 33.3 Å². The second kappa shape index (κ2) is 5.53. The molecule has 4 heteroatoms. The maximum absolute atomic E-state index is 5.47. The van der Waals surface area contributed by atoms with Gasteiger partial charge in [0.15, 0.2) is 0 Å². The van der Waals surface area contributed by atoms with Gasteiger partial charge in [-0.05, 0) is 59.9 Å². The largest absolute Gasteiger partial charge is 0.497 e. The first-order chi connectivity index (χ1) is 12.3. The van der Waals surface area contributed by atoms with Gasteiger partial charge in [0.2, 0.25) is 0 Å². The van der Waals surface area contributed by atoms with Gasteiger partial charge in [0.1, 0.15) is 11.5 Å². The third kappa shape index (κ3) is 2.24. The molecule has 2 aromatic carbocycles. The lowest BCUT2D eigenvalue weighted by molar-refractivity contribution is 0.159. The van der Waals surface area contributed by atoms with Crippen LogP contribution in [0.15, 0.2) is 36.4 Å². The van der Waals surface area contributed by atoms with Crippen LogP contribution in [0.2, 0.25) is 0 Å². The number of H-pyrrole nitrogens is 1. The number of hydrogen-bond donors (Lipinski definition) is 1. The molecule has 1 N–H and O–H groups in total. The summed E-state index contributed by atoms with van der Waals surface area (Å²) in [7, 11) is 3.47. The highest BCUT2D eigenvalue weighted by atomic mass is 16.5. The Morgan fingerprint density at radius 3 is 2.68 bits per heavy atom. The monoisotopic (exact) mass is 334 g/mol. The van der Waals surface area contributed by atoms with Crippen LogP contribution in [0.5, 0.6) is 11.5 Å². The first-order valence-corrected chi connectivity index (χ1v) is 8.85. The van der Waals surface area contributed by atoms with Crippen molar-refractivity contribution in [1.82, 2.24) is 9.88 Å². The smallest absolute Gasteiger partial charge is 0.119 e. The molecule has 1 atom stereocenters. The molecule has 0 saturated heterocycles. The molecule has 2 aliphatic heterocycles. The third-order valence-corrected chi connectivity index (χ3v) is 5.78. The quantitative estimate of drug-likeness (QED) is 0.774. The second-order valence-corrected chi connectivity index (χ2v) is 7.00. The molecule has 0 unspecified atom stereocenters.